The molecule has 5 nitrogen and oxygen atoms in total. The van der Waals surface area contributed by atoms with Crippen molar-refractivity contribution in [3.8, 4) is 5.75 Å². The van der Waals surface area contributed by atoms with Gasteiger partial charge in [-0.1, -0.05) is 23.7 Å². The zero-order valence-electron chi connectivity index (χ0n) is 16.9. The lowest BCUT2D eigenvalue weighted by molar-refractivity contribution is 0.0904. The Bertz CT molecular complexity index is 1000. The van der Waals surface area contributed by atoms with Gasteiger partial charge in [-0.05, 0) is 54.8 Å². The Morgan fingerprint density at radius 2 is 1.87 bits per heavy atom. The molecule has 4 rings (SSSR count). The van der Waals surface area contributed by atoms with Gasteiger partial charge in [0.2, 0.25) is 0 Å². The lowest BCUT2D eigenvalue weighted by Gasteiger charge is -2.32. The zero-order chi connectivity index (χ0) is 21.6. The quantitative estimate of drug-likeness (QED) is 0.545. The molecule has 0 aliphatic carbocycles. The van der Waals surface area contributed by atoms with Crippen LogP contribution in [0.15, 0.2) is 53.9 Å². The molecule has 1 N–H and O–H groups in total. The molecule has 0 radical (unpaired) electrons. The summed E-state index contributed by atoms with van der Waals surface area (Å²) in [6.07, 6.45) is 1.76. The van der Waals surface area contributed by atoms with Gasteiger partial charge in [0.25, 0.3) is 5.91 Å². The first kappa shape index (κ1) is 21.7. The maximum Gasteiger partial charge on any atom is 0.270 e. The summed E-state index contributed by atoms with van der Waals surface area (Å²) in [5, 5.41) is 6.26. The van der Waals surface area contributed by atoms with Gasteiger partial charge in [-0.25, -0.2) is 9.37 Å². The minimum absolute atomic E-state index is 0.132. The summed E-state index contributed by atoms with van der Waals surface area (Å²) >= 11 is 7.28. The van der Waals surface area contributed by atoms with Crippen LogP contribution in [-0.2, 0) is 13.2 Å². The first-order valence-electron chi connectivity index (χ1n) is 10.2. The molecule has 0 unspecified atom stereocenters. The van der Waals surface area contributed by atoms with Crippen LogP contribution in [0.25, 0.3) is 0 Å². The number of nitrogens with one attached hydrogen (secondary N) is 1. The number of nitrogens with zero attached hydrogens (tertiary/aromatic N) is 2. The van der Waals surface area contributed by atoms with Gasteiger partial charge < -0.3 is 10.1 Å². The molecular weight excluding hydrogens is 437 g/mol. The van der Waals surface area contributed by atoms with Crippen molar-refractivity contribution in [3.05, 3.63) is 81.0 Å². The highest BCUT2D eigenvalue weighted by atomic mass is 35.5. The number of hydrogen-bond acceptors (Lipinski definition) is 5. The molecule has 0 bridgehead atoms. The Kier molecular flexibility index (Phi) is 7.17. The smallest absolute Gasteiger partial charge is 0.270 e. The van der Waals surface area contributed by atoms with Crippen molar-refractivity contribution in [1.29, 1.82) is 0 Å². The zero-order valence-corrected chi connectivity index (χ0v) is 18.5. The largest absolute Gasteiger partial charge is 0.486 e. The monoisotopic (exact) mass is 459 g/mol. The van der Waals surface area contributed by atoms with E-state index in [9.17, 15) is 9.18 Å². The van der Waals surface area contributed by atoms with E-state index in [-0.39, 0.29) is 17.8 Å². The van der Waals surface area contributed by atoms with Crippen LogP contribution in [0.5, 0.6) is 5.75 Å². The van der Waals surface area contributed by atoms with E-state index in [1.165, 1.54) is 23.5 Å². The van der Waals surface area contributed by atoms with Crippen LogP contribution in [-0.4, -0.2) is 34.9 Å². The van der Waals surface area contributed by atoms with Crippen LogP contribution in [0.2, 0.25) is 5.02 Å². The first-order chi connectivity index (χ1) is 15.0. The Morgan fingerprint density at radius 3 is 2.58 bits per heavy atom. The average Bonchev–Trinajstić information content (AvgIpc) is 3.26. The van der Waals surface area contributed by atoms with Crippen molar-refractivity contribution < 1.29 is 13.9 Å². The van der Waals surface area contributed by atoms with Gasteiger partial charge in [0.05, 0.1) is 0 Å². The fourth-order valence-electron chi connectivity index (χ4n) is 3.50. The number of likely N-dealkylation sites (tertiary alicyclic amines) is 1. The van der Waals surface area contributed by atoms with Crippen LogP contribution < -0.4 is 10.1 Å². The van der Waals surface area contributed by atoms with E-state index in [0.29, 0.717) is 23.1 Å². The summed E-state index contributed by atoms with van der Waals surface area (Å²) in [6.45, 7) is 2.88. The summed E-state index contributed by atoms with van der Waals surface area (Å²) < 4.78 is 18.7. The maximum atomic E-state index is 13.0. The third-order valence-electron chi connectivity index (χ3n) is 5.20. The van der Waals surface area contributed by atoms with Crippen molar-refractivity contribution in [2.75, 3.05) is 13.1 Å². The summed E-state index contributed by atoms with van der Waals surface area (Å²) in [5.74, 6) is 0.343. The van der Waals surface area contributed by atoms with Gasteiger partial charge in [0, 0.05) is 36.1 Å². The van der Waals surface area contributed by atoms with Crippen molar-refractivity contribution >= 4 is 28.8 Å². The van der Waals surface area contributed by atoms with Crippen molar-refractivity contribution in [2.24, 2.45) is 0 Å². The molecule has 0 saturated carbocycles. The lowest BCUT2D eigenvalue weighted by Crippen LogP contribution is -2.44. The number of benzene rings is 2. The number of carbonyl (C=O) groups excluding carboxylic acids is 1. The van der Waals surface area contributed by atoms with Gasteiger partial charge in [-0.15, -0.1) is 11.3 Å². The van der Waals surface area contributed by atoms with Crippen LogP contribution in [0.3, 0.4) is 0 Å². The first-order valence-corrected chi connectivity index (χ1v) is 11.4. The van der Waals surface area contributed by atoms with E-state index in [0.717, 1.165) is 43.0 Å². The summed E-state index contributed by atoms with van der Waals surface area (Å²) in [7, 11) is 0. The Morgan fingerprint density at radius 1 is 1.16 bits per heavy atom. The Balaban J connectivity index is 1.22. The molecule has 0 atom stereocenters. The molecule has 1 amide bonds. The topological polar surface area (TPSA) is 54.5 Å². The molecule has 1 aromatic heterocycles. The lowest BCUT2D eigenvalue weighted by atomic mass is 10.0. The van der Waals surface area contributed by atoms with Crippen LogP contribution in [0.1, 0.15) is 33.9 Å². The molecular formula is C23H23ClFN3O2S. The SMILES string of the molecule is O=C(NC1CCN(Cc2ccc(F)cc2)CC1)c1csc(COc2ccc(Cl)cc2)n1. The number of halogens is 2. The molecule has 1 aliphatic heterocycles. The fraction of sp³-hybridized carbons (Fsp3) is 0.304. The van der Waals surface area contributed by atoms with E-state index in [1.807, 2.05) is 12.1 Å². The minimum Gasteiger partial charge on any atom is -0.486 e. The molecule has 1 aliphatic rings. The van der Waals surface area contributed by atoms with Gasteiger partial charge >= 0.3 is 0 Å². The second kappa shape index (κ2) is 10.2. The van der Waals surface area contributed by atoms with Gasteiger partial charge in [-0.3, -0.25) is 9.69 Å². The van der Waals surface area contributed by atoms with Crippen molar-refractivity contribution in [2.45, 2.75) is 32.0 Å². The second-order valence-electron chi connectivity index (χ2n) is 7.52. The fourth-order valence-corrected chi connectivity index (χ4v) is 4.31. The number of thiazole rings is 1. The molecule has 2 aromatic carbocycles. The third-order valence-corrected chi connectivity index (χ3v) is 6.28. The molecule has 0 spiro atoms. The van der Waals surface area contributed by atoms with Crippen molar-refractivity contribution in [1.82, 2.24) is 15.2 Å². The van der Waals surface area contributed by atoms with E-state index >= 15 is 0 Å². The number of rotatable bonds is 7. The predicted molar refractivity (Wildman–Crippen MR) is 120 cm³/mol. The second-order valence-corrected chi connectivity index (χ2v) is 8.90. The number of ether oxygens (including phenoxy) is 1. The highest BCUT2D eigenvalue weighted by Gasteiger charge is 2.22. The highest BCUT2D eigenvalue weighted by molar-refractivity contribution is 7.09. The van der Waals surface area contributed by atoms with Gasteiger partial charge in [0.15, 0.2) is 0 Å². The minimum atomic E-state index is -0.216. The normalized spacial score (nSPS) is 15.0. The molecule has 31 heavy (non-hydrogen) atoms. The standard InChI is InChI=1S/C23H23ClFN3O2S/c24-17-3-7-20(8-4-17)30-14-22-27-21(15-31-22)23(29)26-19-9-11-28(12-10-19)13-16-1-5-18(25)6-2-16/h1-8,15,19H,9-14H2,(H,26,29). The van der Waals surface area contributed by atoms with E-state index < -0.39 is 0 Å². The molecule has 1 saturated heterocycles. The number of amides is 1. The van der Waals surface area contributed by atoms with Gasteiger partial charge in [-0.2, -0.15) is 0 Å². The van der Waals surface area contributed by atoms with Crippen molar-refractivity contribution in [3.63, 3.8) is 0 Å². The summed E-state index contributed by atoms with van der Waals surface area (Å²) in [6, 6.07) is 13.9. The van der Waals surface area contributed by atoms with Crippen LogP contribution >= 0.6 is 22.9 Å². The molecule has 3 aromatic rings. The molecule has 1 fully saturated rings. The van der Waals surface area contributed by atoms with Crippen LogP contribution in [0.4, 0.5) is 4.39 Å². The maximum absolute atomic E-state index is 13.0. The van der Waals surface area contributed by atoms with Crippen LogP contribution in [0, 0.1) is 5.82 Å². The Hall–Kier alpha value is -2.48. The number of carbonyl (C=O) groups is 1. The third kappa shape index (κ3) is 6.26. The summed E-state index contributed by atoms with van der Waals surface area (Å²) in [4.78, 5) is 19.3. The van der Waals surface area contributed by atoms with E-state index in [2.05, 4.69) is 15.2 Å². The predicted octanol–water partition coefficient (Wildman–Crippen LogP) is 4.91. The van der Waals surface area contributed by atoms with E-state index in [4.69, 9.17) is 16.3 Å². The number of piperidine rings is 1. The molecule has 8 heteroatoms. The number of hydrogen-bond donors (Lipinski definition) is 1. The Labute approximate surface area is 189 Å². The number of aromatic nitrogens is 1. The van der Waals surface area contributed by atoms with Gasteiger partial charge in [0.1, 0.15) is 28.9 Å². The molecule has 162 valence electrons. The highest BCUT2D eigenvalue weighted by Crippen LogP contribution is 2.19. The van der Waals surface area contributed by atoms with E-state index in [1.54, 1.807) is 29.6 Å². The average molecular weight is 460 g/mol. The molecule has 2 heterocycles. The summed E-state index contributed by atoms with van der Waals surface area (Å²) in [5.41, 5.74) is 1.52.